The van der Waals surface area contributed by atoms with E-state index in [-0.39, 0.29) is 6.42 Å². The average molecular weight is 497 g/mol. The molecule has 6 nitrogen and oxygen atoms in total. The van der Waals surface area contributed by atoms with E-state index in [0.29, 0.717) is 5.71 Å². The number of rotatable bonds is 6. The van der Waals surface area contributed by atoms with Crippen LogP contribution in [-0.4, -0.2) is 30.8 Å². The molecule has 0 saturated heterocycles. The fraction of sp³-hybridized carbons (Fsp3) is 0.323. The second-order valence-corrected chi connectivity index (χ2v) is 11.0. The number of methoxy groups -OCH3 is 1. The summed E-state index contributed by atoms with van der Waals surface area (Å²) in [4.78, 5) is 31.7. The monoisotopic (exact) mass is 496 g/mol. The van der Waals surface area contributed by atoms with Gasteiger partial charge in [0.1, 0.15) is 11.5 Å². The zero-order chi connectivity index (χ0) is 26.4. The summed E-state index contributed by atoms with van der Waals surface area (Å²) in [7, 11) is 1.37. The third-order valence-corrected chi connectivity index (χ3v) is 7.55. The fourth-order valence-corrected chi connectivity index (χ4v) is 6.01. The lowest BCUT2D eigenvalue weighted by Gasteiger charge is -2.39. The van der Waals surface area contributed by atoms with Crippen molar-refractivity contribution < 1.29 is 19.2 Å². The topological polar surface area (TPSA) is 77.0 Å². The first-order valence-corrected chi connectivity index (χ1v) is 12.5. The summed E-state index contributed by atoms with van der Waals surface area (Å²) in [6.07, 6.45) is 0.132. The summed E-state index contributed by atoms with van der Waals surface area (Å²) in [5.41, 5.74) is 3.52. The second kappa shape index (κ2) is 8.96. The first kappa shape index (κ1) is 24.9. The molecule has 0 fully saturated rings. The number of nitrogens with one attached hydrogen (secondary N) is 1. The Morgan fingerprint density at radius 1 is 0.946 bits per heavy atom. The molecule has 0 spiro atoms. The molecule has 3 aromatic carbocycles. The van der Waals surface area contributed by atoms with E-state index in [9.17, 15) is 9.59 Å². The van der Waals surface area contributed by atoms with Gasteiger partial charge >= 0.3 is 11.9 Å². The summed E-state index contributed by atoms with van der Waals surface area (Å²) in [5, 5.41) is 7.86. The van der Waals surface area contributed by atoms with E-state index < -0.39 is 34.3 Å². The summed E-state index contributed by atoms with van der Waals surface area (Å²) >= 11 is 0. The van der Waals surface area contributed by atoms with Crippen molar-refractivity contribution in [2.45, 2.75) is 45.7 Å². The molecule has 5 rings (SSSR count). The minimum atomic E-state index is -1.10. The van der Waals surface area contributed by atoms with Crippen LogP contribution in [0, 0.1) is 10.8 Å². The molecule has 0 bridgehead atoms. The number of ether oxygens (including phenoxy) is 1. The Kier molecular flexibility index (Phi) is 6.03. The van der Waals surface area contributed by atoms with Crippen LogP contribution in [0.4, 0.5) is 0 Å². The van der Waals surface area contributed by atoms with Crippen molar-refractivity contribution >= 4 is 17.7 Å². The molecule has 0 saturated carbocycles. The SMILES string of the molecule is COC(=O)[C@H](C[C@]1(C)C(=O)ON=C1C(C)(C)C)NC1(c2ccccc2)c2ccccc2-c2ccccc21. The lowest BCUT2D eigenvalue weighted by atomic mass is 9.69. The van der Waals surface area contributed by atoms with Crippen LogP contribution in [0.15, 0.2) is 84.0 Å². The zero-order valence-corrected chi connectivity index (χ0v) is 21.9. The third kappa shape index (κ3) is 3.87. The molecule has 37 heavy (non-hydrogen) atoms. The first-order chi connectivity index (χ1) is 17.6. The molecule has 2 aliphatic rings. The number of esters is 1. The molecule has 1 aliphatic carbocycles. The largest absolute Gasteiger partial charge is 0.468 e. The number of fused-ring (bicyclic) bond motifs is 3. The Balaban J connectivity index is 1.69. The van der Waals surface area contributed by atoms with Gasteiger partial charge in [-0.1, -0.05) is 105 Å². The third-order valence-electron chi connectivity index (χ3n) is 7.55. The van der Waals surface area contributed by atoms with Gasteiger partial charge in [0, 0.05) is 5.41 Å². The molecule has 190 valence electrons. The van der Waals surface area contributed by atoms with Gasteiger partial charge in [-0.15, -0.1) is 0 Å². The number of nitrogens with zero attached hydrogens (tertiary/aromatic N) is 1. The van der Waals surface area contributed by atoms with Crippen molar-refractivity contribution in [1.82, 2.24) is 5.32 Å². The van der Waals surface area contributed by atoms with Crippen LogP contribution in [0.1, 0.15) is 50.8 Å². The zero-order valence-electron chi connectivity index (χ0n) is 21.9. The van der Waals surface area contributed by atoms with Gasteiger partial charge in [-0.3, -0.25) is 10.1 Å². The van der Waals surface area contributed by atoms with Crippen molar-refractivity contribution in [1.29, 1.82) is 0 Å². The highest BCUT2D eigenvalue weighted by Gasteiger charge is 2.54. The average Bonchev–Trinajstić information content (AvgIpc) is 3.36. The van der Waals surface area contributed by atoms with Gasteiger partial charge in [0.25, 0.3) is 0 Å². The van der Waals surface area contributed by atoms with E-state index in [4.69, 9.17) is 9.57 Å². The Hall–Kier alpha value is -3.77. The van der Waals surface area contributed by atoms with Crippen LogP contribution in [0.3, 0.4) is 0 Å². The predicted octanol–water partition coefficient (Wildman–Crippen LogP) is 5.45. The normalized spacial score (nSPS) is 20.5. The number of carbonyl (C=O) groups excluding carboxylic acids is 2. The minimum absolute atomic E-state index is 0.132. The van der Waals surface area contributed by atoms with E-state index in [1.54, 1.807) is 6.92 Å². The molecule has 1 heterocycles. The summed E-state index contributed by atoms with van der Waals surface area (Å²) in [6.45, 7) is 7.76. The summed E-state index contributed by atoms with van der Waals surface area (Å²) in [5.74, 6) is -0.916. The number of benzene rings is 3. The van der Waals surface area contributed by atoms with Gasteiger partial charge in [-0.25, -0.2) is 4.79 Å². The molecule has 0 unspecified atom stereocenters. The standard InChI is InChI=1S/C31H32N2O4/c1-29(2,3)27-30(4,28(35)37-33-27)19-25(26(34)36-5)32-31(20-13-7-6-8-14-20)23-17-11-9-15-21(23)22-16-10-12-18-24(22)31/h6-18,25,32H,19H2,1-5H3/t25-,30-/m0/s1. The molecule has 0 amide bonds. The summed E-state index contributed by atoms with van der Waals surface area (Å²) in [6, 6.07) is 25.7. The van der Waals surface area contributed by atoms with Crippen molar-refractivity contribution in [3.63, 3.8) is 0 Å². The molecule has 0 radical (unpaired) electrons. The number of hydrogen-bond donors (Lipinski definition) is 1. The van der Waals surface area contributed by atoms with Gasteiger partial charge in [0.2, 0.25) is 0 Å². The summed E-state index contributed by atoms with van der Waals surface area (Å²) < 4.78 is 5.30. The minimum Gasteiger partial charge on any atom is -0.468 e. The molecular formula is C31H32N2O4. The quantitative estimate of drug-likeness (QED) is 0.363. The Morgan fingerprint density at radius 2 is 1.49 bits per heavy atom. The van der Waals surface area contributed by atoms with Crippen molar-refractivity contribution in [2.75, 3.05) is 7.11 Å². The molecule has 0 aromatic heterocycles. The van der Waals surface area contributed by atoms with Crippen LogP contribution < -0.4 is 5.32 Å². The highest BCUT2D eigenvalue weighted by atomic mass is 16.7. The van der Waals surface area contributed by atoms with E-state index in [1.165, 1.54) is 7.11 Å². The van der Waals surface area contributed by atoms with Gasteiger partial charge in [-0.05, 0) is 41.2 Å². The Bertz CT molecular complexity index is 1340. The molecule has 2 atom stereocenters. The lowest BCUT2D eigenvalue weighted by Crippen LogP contribution is -2.55. The Labute approximate surface area is 217 Å². The molecular weight excluding hydrogens is 464 g/mol. The van der Waals surface area contributed by atoms with Crippen LogP contribution in [0.25, 0.3) is 11.1 Å². The van der Waals surface area contributed by atoms with Gasteiger partial charge < -0.3 is 9.57 Å². The molecule has 1 N–H and O–H groups in total. The smallest absolute Gasteiger partial charge is 0.346 e. The highest BCUT2D eigenvalue weighted by Crippen LogP contribution is 2.51. The number of oxime groups is 1. The molecule has 6 heteroatoms. The number of carbonyl (C=O) groups is 2. The van der Waals surface area contributed by atoms with E-state index in [0.717, 1.165) is 27.8 Å². The van der Waals surface area contributed by atoms with Crippen LogP contribution in [-0.2, 0) is 24.7 Å². The maximum atomic E-state index is 13.4. The first-order valence-electron chi connectivity index (χ1n) is 12.5. The maximum absolute atomic E-state index is 13.4. The van der Waals surface area contributed by atoms with Crippen LogP contribution >= 0.6 is 0 Å². The molecule has 3 aromatic rings. The second-order valence-electron chi connectivity index (χ2n) is 11.0. The fourth-order valence-electron chi connectivity index (χ4n) is 6.01. The highest BCUT2D eigenvalue weighted by molar-refractivity contribution is 6.11. The van der Waals surface area contributed by atoms with E-state index in [1.807, 2.05) is 63.2 Å². The van der Waals surface area contributed by atoms with Gasteiger partial charge in [-0.2, -0.15) is 0 Å². The van der Waals surface area contributed by atoms with E-state index >= 15 is 0 Å². The van der Waals surface area contributed by atoms with Gasteiger partial charge in [0.15, 0.2) is 0 Å². The van der Waals surface area contributed by atoms with E-state index in [2.05, 4.69) is 46.9 Å². The predicted molar refractivity (Wildman–Crippen MR) is 143 cm³/mol. The maximum Gasteiger partial charge on any atom is 0.346 e. The number of hydrogen-bond acceptors (Lipinski definition) is 6. The van der Waals surface area contributed by atoms with Crippen LogP contribution in [0.5, 0.6) is 0 Å². The van der Waals surface area contributed by atoms with Gasteiger partial charge in [0.05, 0.1) is 18.4 Å². The Morgan fingerprint density at radius 3 is 2.03 bits per heavy atom. The van der Waals surface area contributed by atoms with Crippen LogP contribution in [0.2, 0.25) is 0 Å². The lowest BCUT2D eigenvalue weighted by molar-refractivity contribution is -0.150. The van der Waals surface area contributed by atoms with Crippen molar-refractivity contribution in [2.24, 2.45) is 16.0 Å². The van der Waals surface area contributed by atoms with Crippen molar-refractivity contribution in [3.8, 4) is 11.1 Å². The molecule has 1 aliphatic heterocycles. The van der Waals surface area contributed by atoms with Crippen molar-refractivity contribution in [3.05, 3.63) is 95.6 Å².